The Morgan fingerprint density at radius 1 is 1.07 bits per heavy atom. The minimum absolute atomic E-state index is 0.0250. The molecule has 144 valence electrons. The minimum atomic E-state index is -0.590. The van der Waals surface area contributed by atoms with E-state index in [-0.39, 0.29) is 16.7 Å². The van der Waals surface area contributed by atoms with Crippen LogP contribution >= 0.6 is 0 Å². The third kappa shape index (κ3) is 3.62. The van der Waals surface area contributed by atoms with Gasteiger partial charge in [0.25, 0.3) is 5.91 Å². The molecular formula is C23H27F2NO. The highest BCUT2D eigenvalue weighted by atomic mass is 19.1. The first-order valence-corrected chi connectivity index (χ1v) is 9.31. The van der Waals surface area contributed by atoms with Gasteiger partial charge in [-0.15, -0.1) is 0 Å². The van der Waals surface area contributed by atoms with Gasteiger partial charge in [-0.05, 0) is 46.6 Å². The molecule has 1 saturated carbocycles. The molecule has 0 aromatic heterocycles. The quantitative estimate of drug-likeness (QED) is 0.770. The summed E-state index contributed by atoms with van der Waals surface area (Å²) in [5.74, 6) is -1.32. The Labute approximate surface area is 160 Å². The van der Waals surface area contributed by atoms with Crippen LogP contribution in [-0.2, 0) is 10.8 Å². The Balaban J connectivity index is 1.77. The van der Waals surface area contributed by atoms with Gasteiger partial charge in [-0.3, -0.25) is 4.79 Å². The molecule has 0 heterocycles. The molecule has 3 rings (SSSR count). The van der Waals surface area contributed by atoms with Crippen LogP contribution in [0.2, 0.25) is 0 Å². The standard InChI is InChI=1S/C23H27F2NO/c1-21(2,3)16-8-6-15(7-9-16)20(27)26-14-23(13-22(23,4)5)18-11-10-17(24)12-19(18)25/h6-12H,13-14H2,1-5H3,(H,26,27). The van der Waals surface area contributed by atoms with Crippen molar-refractivity contribution in [3.05, 3.63) is 70.8 Å². The molecular weight excluding hydrogens is 344 g/mol. The van der Waals surface area contributed by atoms with Crippen LogP contribution in [0.4, 0.5) is 8.78 Å². The lowest BCUT2D eigenvalue weighted by Crippen LogP contribution is -2.35. The topological polar surface area (TPSA) is 29.1 Å². The number of rotatable bonds is 4. The van der Waals surface area contributed by atoms with Gasteiger partial charge in [0.15, 0.2) is 0 Å². The lowest BCUT2D eigenvalue weighted by atomic mass is 9.86. The van der Waals surface area contributed by atoms with Gasteiger partial charge < -0.3 is 5.32 Å². The molecule has 0 saturated heterocycles. The number of hydrogen-bond acceptors (Lipinski definition) is 1. The summed E-state index contributed by atoms with van der Waals surface area (Å²) in [6.45, 7) is 10.8. The van der Waals surface area contributed by atoms with Crippen LogP contribution < -0.4 is 5.32 Å². The van der Waals surface area contributed by atoms with Crippen LogP contribution in [0.5, 0.6) is 0 Å². The van der Waals surface area contributed by atoms with Gasteiger partial charge in [-0.2, -0.15) is 0 Å². The molecule has 1 aliphatic rings. The van der Waals surface area contributed by atoms with Crippen LogP contribution in [0.1, 0.15) is 62.5 Å². The first kappa shape index (κ1) is 19.5. The van der Waals surface area contributed by atoms with Gasteiger partial charge in [0.05, 0.1) is 0 Å². The Kier molecular flexibility index (Phi) is 4.65. The van der Waals surface area contributed by atoms with E-state index in [0.29, 0.717) is 17.7 Å². The SMILES string of the molecule is CC(C)(C)c1ccc(C(=O)NCC2(c3ccc(F)cc3F)CC2(C)C)cc1. The summed E-state index contributed by atoms with van der Waals surface area (Å²) >= 11 is 0. The number of nitrogens with one attached hydrogen (secondary N) is 1. The number of benzene rings is 2. The van der Waals surface area contributed by atoms with Crippen LogP contribution in [-0.4, -0.2) is 12.5 Å². The molecule has 4 heteroatoms. The van der Waals surface area contributed by atoms with Gasteiger partial charge in [-0.1, -0.05) is 52.8 Å². The van der Waals surface area contributed by atoms with E-state index >= 15 is 0 Å². The van der Waals surface area contributed by atoms with E-state index in [1.807, 2.05) is 38.1 Å². The molecule has 0 radical (unpaired) electrons. The molecule has 1 aliphatic carbocycles. The van der Waals surface area contributed by atoms with Gasteiger partial charge in [0, 0.05) is 23.6 Å². The monoisotopic (exact) mass is 371 g/mol. The number of carbonyl (C=O) groups is 1. The van der Waals surface area contributed by atoms with Crippen molar-refractivity contribution < 1.29 is 13.6 Å². The highest BCUT2D eigenvalue weighted by Gasteiger charge is 2.62. The summed E-state index contributed by atoms with van der Waals surface area (Å²) in [5.41, 5.74) is 1.57. The fourth-order valence-corrected chi connectivity index (χ4v) is 3.90. The second-order valence-electron chi connectivity index (χ2n) is 9.28. The Bertz CT molecular complexity index is 865. The number of hydrogen-bond donors (Lipinski definition) is 1. The minimum Gasteiger partial charge on any atom is -0.351 e. The lowest BCUT2D eigenvalue weighted by molar-refractivity contribution is 0.0947. The van der Waals surface area contributed by atoms with E-state index in [0.717, 1.165) is 18.1 Å². The van der Waals surface area contributed by atoms with Crippen LogP contribution in [0.15, 0.2) is 42.5 Å². The molecule has 0 aliphatic heterocycles. The third-order valence-electron chi connectivity index (χ3n) is 5.92. The van der Waals surface area contributed by atoms with E-state index in [2.05, 4.69) is 26.1 Å². The largest absolute Gasteiger partial charge is 0.351 e. The van der Waals surface area contributed by atoms with Crippen molar-refractivity contribution in [2.45, 2.75) is 51.9 Å². The maximum absolute atomic E-state index is 14.4. The van der Waals surface area contributed by atoms with Gasteiger partial charge in [-0.25, -0.2) is 8.78 Å². The zero-order valence-corrected chi connectivity index (χ0v) is 16.6. The Hall–Kier alpha value is -2.23. The smallest absolute Gasteiger partial charge is 0.251 e. The molecule has 27 heavy (non-hydrogen) atoms. The zero-order chi connectivity index (χ0) is 20.0. The molecule has 2 aromatic rings. The maximum atomic E-state index is 14.4. The third-order valence-corrected chi connectivity index (χ3v) is 5.92. The van der Waals surface area contributed by atoms with Crippen LogP contribution in [0.3, 0.4) is 0 Å². The van der Waals surface area contributed by atoms with Crippen molar-refractivity contribution >= 4 is 5.91 Å². The molecule has 1 fully saturated rings. The molecule has 0 spiro atoms. The van der Waals surface area contributed by atoms with Gasteiger partial charge >= 0.3 is 0 Å². The zero-order valence-electron chi connectivity index (χ0n) is 16.6. The Morgan fingerprint density at radius 3 is 2.15 bits per heavy atom. The molecule has 1 unspecified atom stereocenters. The van der Waals surface area contributed by atoms with E-state index in [1.165, 1.54) is 12.1 Å². The first-order valence-electron chi connectivity index (χ1n) is 9.31. The molecule has 2 nitrogen and oxygen atoms in total. The fraction of sp³-hybridized carbons (Fsp3) is 0.435. The maximum Gasteiger partial charge on any atom is 0.251 e. The van der Waals surface area contributed by atoms with Crippen molar-refractivity contribution in [1.82, 2.24) is 5.32 Å². The summed E-state index contributed by atoms with van der Waals surface area (Å²) in [6, 6.07) is 11.3. The van der Waals surface area contributed by atoms with E-state index in [1.54, 1.807) is 0 Å². The highest BCUT2D eigenvalue weighted by molar-refractivity contribution is 5.94. The van der Waals surface area contributed by atoms with Crippen molar-refractivity contribution in [2.75, 3.05) is 6.54 Å². The van der Waals surface area contributed by atoms with Crippen LogP contribution in [0, 0.1) is 17.0 Å². The number of amides is 1. The van der Waals surface area contributed by atoms with E-state index in [4.69, 9.17) is 0 Å². The normalized spacial score (nSPS) is 21.0. The van der Waals surface area contributed by atoms with E-state index < -0.39 is 17.0 Å². The predicted octanol–water partition coefficient (Wildman–Crippen LogP) is 5.36. The second-order valence-corrected chi connectivity index (χ2v) is 9.28. The van der Waals surface area contributed by atoms with Crippen molar-refractivity contribution in [1.29, 1.82) is 0 Å². The first-order chi connectivity index (χ1) is 12.5. The van der Waals surface area contributed by atoms with E-state index in [9.17, 15) is 13.6 Å². The second kappa shape index (κ2) is 6.43. The lowest BCUT2D eigenvalue weighted by Gasteiger charge is -2.23. The van der Waals surface area contributed by atoms with Gasteiger partial charge in [0.2, 0.25) is 0 Å². The average molecular weight is 371 g/mol. The predicted molar refractivity (Wildman–Crippen MR) is 104 cm³/mol. The summed E-state index contributed by atoms with van der Waals surface area (Å²) in [4.78, 5) is 12.6. The fourth-order valence-electron chi connectivity index (χ4n) is 3.90. The van der Waals surface area contributed by atoms with Crippen molar-refractivity contribution in [2.24, 2.45) is 5.41 Å². The average Bonchev–Trinajstić information content (AvgIpc) is 3.14. The summed E-state index contributed by atoms with van der Waals surface area (Å²) in [5, 5.41) is 2.96. The highest BCUT2D eigenvalue weighted by Crippen LogP contribution is 2.64. The molecule has 1 amide bonds. The van der Waals surface area contributed by atoms with Crippen molar-refractivity contribution in [3.8, 4) is 0 Å². The molecule has 0 bridgehead atoms. The van der Waals surface area contributed by atoms with Crippen LogP contribution in [0.25, 0.3) is 0 Å². The Morgan fingerprint density at radius 2 is 1.67 bits per heavy atom. The number of carbonyl (C=O) groups excluding carboxylic acids is 1. The summed E-state index contributed by atoms with van der Waals surface area (Å²) < 4.78 is 27.7. The van der Waals surface area contributed by atoms with Gasteiger partial charge in [0.1, 0.15) is 11.6 Å². The molecule has 1 N–H and O–H groups in total. The summed E-state index contributed by atoms with van der Waals surface area (Å²) in [6.07, 6.45) is 0.742. The van der Waals surface area contributed by atoms with Crippen molar-refractivity contribution in [3.63, 3.8) is 0 Å². The molecule has 2 aromatic carbocycles. The molecule has 1 atom stereocenters. The summed E-state index contributed by atoms with van der Waals surface area (Å²) in [7, 11) is 0. The number of halogens is 2.